The van der Waals surface area contributed by atoms with Gasteiger partial charge in [0.15, 0.2) is 0 Å². The lowest BCUT2D eigenvalue weighted by molar-refractivity contribution is -0.131. The van der Waals surface area contributed by atoms with Crippen molar-refractivity contribution in [2.24, 2.45) is 0 Å². The van der Waals surface area contributed by atoms with Gasteiger partial charge in [0, 0.05) is 31.9 Å². The highest BCUT2D eigenvalue weighted by Gasteiger charge is 2.11. The fourth-order valence-corrected chi connectivity index (χ4v) is 2.13. The Hall–Kier alpha value is -2.16. The van der Waals surface area contributed by atoms with E-state index in [1.54, 1.807) is 12.4 Å². The molecular weight excluding hydrogens is 248 g/mol. The lowest BCUT2D eigenvalue weighted by Crippen LogP contribution is -2.31. The molecule has 1 aromatic carbocycles. The zero-order valence-electron chi connectivity index (χ0n) is 11.8. The average molecular weight is 268 g/mol. The second kappa shape index (κ2) is 7.43. The number of hydrogen-bond donors (Lipinski definition) is 0. The highest BCUT2D eigenvalue weighted by atomic mass is 16.2. The first-order valence-electron chi connectivity index (χ1n) is 7.00. The summed E-state index contributed by atoms with van der Waals surface area (Å²) in [5.74, 6) is 0.192. The van der Waals surface area contributed by atoms with Crippen molar-refractivity contribution >= 4 is 5.91 Å². The third-order valence-electron chi connectivity index (χ3n) is 3.29. The minimum atomic E-state index is 0.192. The van der Waals surface area contributed by atoms with E-state index in [0.717, 1.165) is 18.5 Å². The van der Waals surface area contributed by atoms with Crippen molar-refractivity contribution < 1.29 is 4.79 Å². The Morgan fingerprint density at radius 3 is 2.40 bits per heavy atom. The van der Waals surface area contributed by atoms with Gasteiger partial charge in [-0.15, -0.1) is 0 Å². The molecule has 3 heteroatoms. The second-order valence-electron chi connectivity index (χ2n) is 4.76. The van der Waals surface area contributed by atoms with Crippen LogP contribution in [0.2, 0.25) is 0 Å². The molecule has 0 saturated heterocycles. The topological polar surface area (TPSA) is 33.2 Å². The molecule has 20 heavy (non-hydrogen) atoms. The summed E-state index contributed by atoms with van der Waals surface area (Å²) in [5.41, 5.74) is 2.38. The third kappa shape index (κ3) is 4.19. The summed E-state index contributed by atoms with van der Waals surface area (Å²) < 4.78 is 0. The lowest BCUT2D eigenvalue weighted by atomic mass is 10.1. The van der Waals surface area contributed by atoms with Gasteiger partial charge in [-0.1, -0.05) is 37.3 Å². The van der Waals surface area contributed by atoms with Gasteiger partial charge in [0.05, 0.1) is 0 Å². The lowest BCUT2D eigenvalue weighted by Gasteiger charge is -2.22. The molecule has 0 aliphatic carbocycles. The molecule has 1 heterocycles. The Bertz CT molecular complexity index is 525. The Balaban J connectivity index is 1.99. The van der Waals surface area contributed by atoms with Gasteiger partial charge in [0.2, 0.25) is 5.91 Å². The average Bonchev–Trinajstić information content (AvgIpc) is 2.52. The SMILES string of the molecule is CCC(=O)N(CCc1ccccc1)Cc1ccncc1. The molecule has 0 spiro atoms. The first-order chi connectivity index (χ1) is 9.79. The summed E-state index contributed by atoms with van der Waals surface area (Å²) in [6.07, 6.45) is 4.96. The van der Waals surface area contributed by atoms with E-state index in [1.807, 2.05) is 42.2 Å². The smallest absolute Gasteiger partial charge is 0.222 e. The minimum absolute atomic E-state index is 0.192. The van der Waals surface area contributed by atoms with Crippen LogP contribution in [0.25, 0.3) is 0 Å². The van der Waals surface area contributed by atoms with Crippen LogP contribution in [0, 0.1) is 0 Å². The van der Waals surface area contributed by atoms with E-state index in [2.05, 4.69) is 17.1 Å². The van der Waals surface area contributed by atoms with Gasteiger partial charge in [0.1, 0.15) is 0 Å². The molecule has 0 atom stereocenters. The number of carbonyl (C=O) groups is 1. The van der Waals surface area contributed by atoms with E-state index >= 15 is 0 Å². The largest absolute Gasteiger partial charge is 0.338 e. The van der Waals surface area contributed by atoms with Crippen molar-refractivity contribution in [3.05, 3.63) is 66.0 Å². The molecule has 3 nitrogen and oxygen atoms in total. The minimum Gasteiger partial charge on any atom is -0.338 e. The van der Waals surface area contributed by atoms with Crippen molar-refractivity contribution in [2.75, 3.05) is 6.54 Å². The Kier molecular flexibility index (Phi) is 5.30. The van der Waals surface area contributed by atoms with E-state index in [9.17, 15) is 4.79 Å². The van der Waals surface area contributed by atoms with Gasteiger partial charge in [-0.25, -0.2) is 0 Å². The molecule has 0 N–H and O–H groups in total. The molecule has 0 radical (unpaired) electrons. The first kappa shape index (κ1) is 14.3. The van der Waals surface area contributed by atoms with Crippen LogP contribution in [0.15, 0.2) is 54.9 Å². The van der Waals surface area contributed by atoms with Crippen LogP contribution in [0.3, 0.4) is 0 Å². The maximum Gasteiger partial charge on any atom is 0.222 e. The fourth-order valence-electron chi connectivity index (χ4n) is 2.13. The number of amides is 1. The maximum atomic E-state index is 12.0. The van der Waals surface area contributed by atoms with E-state index < -0.39 is 0 Å². The normalized spacial score (nSPS) is 10.2. The molecule has 2 aromatic rings. The van der Waals surface area contributed by atoms with E-state index in [0.29, 0.717) is 13.0 Å². The molecule has 0 aliphatic heterocycles. The van der Waals surface area contributed by atoms with Gasteiger partial charge in [-0.05, 0) is 29.7 Å². The Labute approximate surface area is 120 Å². The monoisotopic (exact) mass is 268 g/mol. The van der Waals surface area contributed by atoms with Crippen molar-refractivity contribution in [2.45, 2.75) is 26.3 Å². The summed E-state index contributed by atoms with van der Waals surface area (Å²) >= 11 is 0. The van der Waals surface area contributed by atoms with E-state index in [1.165, 1.54) is 5.56 Å². The molecule has 0 fully saturated rings. The number of hydrogen-bond acceptors (Lipinski definition) is 2. The molecule has 1 amide bonds. The van der Waals surface area contributed by atoms with Crippen LogP contribution >= 0.6 is 0 Å². The number of carbonyl (C=O) groups excluding carboxylic acids is 1. The standard InChI is InChI=1S/C17H20N2O/c1-2-17(20)19(14-16-8-11-18-12-9-16)13-10-15-6-4-3-5-7-15/h3-9,11-12H,2,10,13-14H2,1H3. The predicted molar refractivity (Wildman–Crippen MR) is 80.1 cm³/mol. The molecule has 2 rings (SSSR count). The summed E-state index contributed by atoms with van der Waals surface area (Å²) in [6.45, 7) is 3.31. The third-order valence-corrected chi connectivity index (χ3v) is 3.29. The second-order valence-corrected chi connectivity index (χ2v) is 4.76. The van der Waals surface area contributed by atoms with Crippen LogP contribution in [0.1, 0.15) is 24.5 Å². The summed E-state index contributed by atoms with van der Waals surface area (Å²) in [7, 11) is 0. The predicted octanol–water partition coefficient (Wildman–Crippen LogP) is 3.06. The van der Waals surface area contributed by atoms with Gasteiger partial charge in [0.25, 0.3) is 0 Å². The quantitative estimate of drug-likeness (QED) is 0.806. The van der Waals surface area contributed by atoms with E-state index in [4.69, 9.17) is 0 Å². The van der Waals surface area contributed by atoms with Gasteiger partial charge in [-0.3, -0.25) is 9.78 Å². The summed E-state index contributed by atoms with van der Waals surface area (Å²) in [5, 5.41) is 0. The van der Waals surface area contributed by atoms with Gasteiger partial charge >= 0.3 is 0 Å². The number of aromatic nitrogens is 1. The van der Waals surface area contributed by atoms with Crippen molar-refractivity contribution in [1.29, 1.82) is 0 Å². The van der Waals surface area contributed by atoms with Gasteiger partial charge < -0.3 is 4.90 Å². The number of benzene rings is 1. The van der Waals surface area contributed by atoms with Crippen molar-refractivity contribution in [3.8, 4) is 0 Å². The van der Waals surface area contributed by atoms with Gasteiger partial charge in [-0.2, -0.15) is 0 Å². The molecule has 104 valence electrons. The zero-order valence-corrected chi connectivity index (χ0v) is 11.8. The highest BCUT2D eigenvalue weighted by molar-refractivity contribution is 5.75. The molecule has 0 aliphatic rings. The van der Waals surface area contributed by atoms with Crippen molar-refractivity contribution in [1.82, 2.24) is 9.88 Å². The molecular formula is C17H20N2O. The molecule has 0 saturated carbocycles. The Morgan fingerprint density at radius 2 is 1.75 bits per heavy atom. The summed E-state index contributed by atoms with van der Waals surface area (Å²) in [6, 6.07) is 14.2. The van der Waals surface area contributed by atoms with Crippen LogP contribution in [0.4, 0.5) is 0 Å². The van der Waals surface area contributed by atoms with Crippen molar-refractivity contribution in [3.63, 3.8) is 0 Å². The highest BCUT2D eigenvalue weighted by Crippen LogP contribution is 2.08. The number of rotatable bonds is 6. The zero-order chi connectivity index (χ0) is 14.2. The molecule has 1 aromatic heterocycles. The fraction of sp³-hybridized carbons (Fsp3) is 0.294. The number of pyridine rings is 1. The number of nitrogens with zero attached hydrogens (tertiary/aromatic N) is 2. The summed E-state index contributed by atoms with van der Waals surface area (Å²) in [4.78, 5) is 18.0. The van der Waals surface area contributed by atoms with E-state index in [-0.39, 0.29) is 5.91 Å². The van der Waals surface area contributed by atoms with Crippen LogP contribution < -0.4 is 0 Å². The molecule has 0 unspecified atom stereocenters. The maximum absolute atomic E-state index is 12.0. The van der Waals surface area contributed by atoms with Crippen LogP contribution in [-0.2, 0) is 17.8 Å². The Morgan fingerprint density at radius 1 is 1.05 bits per heavy atom. The first-order valence-corrected chi connectivity index (χ1v) is 7.00. The van der Waals surface area contributed by atoms with Crippen LogP contribution in [0.5, 0.6) is 0 Å². The van der Waals surface area contributed by atoms with Crippen LogP contribution in [-0.4, -0.2) is 22.3 Å². The molecule has 0 bridgehead atoms.